The Hall–Kier alpha value is -1.72. The third-order valence-electron chi connectivity index (χ3n) is 5.53. The summed E-state index contributed by atoms with van der Waals surface area (Å²) < 4.78 is 26.2. The fraction of sp³-hybridized carbons (Fsp3) is 0.500. The van der Waals surface area contributed by atoms with E-state index in [0.29, 0.717) is 24.0 Å². The molecule has 1 fully saturated rings. The summed E-state index contributed by atoms with van der Waals surface area (Å²) in [6.45, 7) is 14.9. The highest BCUT2D eigenvalue weighted by atomic mass is 28.4. The summed E-state index contributed by atoms with van der Waals surface area (Å²) in [5.41, 5.74) is 1.76. The van der Waals surface area contributed by atoms with Crippen molar-refractivity contribution >= 4 is 14.3 Å². The zero-order chi connectivity index (χ0) is 20.2. The zero-order valence-electron chi connectivity index (χ0n) is 17.0. The second-order valence-electron chi connectivity index (χ2n) is 8.63. The van der Waals surface area contributed by atoms with E-state index in [0.717, 1.165) is 5.57 Å². The number of benzene rings is 1. The van der Waals surface area contributed by atoms with Gasteiger partial charge in [0.25, 0.3) is 0 Å². The zero-order valence-corrected chi connectivity index (χ0v) is 18.0. The normalized spacial score (nSPS) is 22.7. The van der Waals surface area contributed by atoms with E-state index in [1.165, 1.54) is 0 Å². The molecule has 2 rings (SSSR count). The predicted molar refractivity (Wildman–Crippen MR) is 110 cm³/mol. The molecule has 0 spiro atoms. The molecular weight excluding hydrogens is 359 g/mol. The number of hydrogen-bond acceptors (Lipinski definition) is 3. The first kappa shape index (κ1) is 21.6. The van der Waals surface area contributed by atoms with Crippen LogP contribution in [0.3, 0.4) is 0 Å². The number of halogens is 1. The molecule has 1 aromatic rings. The Morgan fingerprint density at radius 2 is 1.93 bits per heavy atom. The van der Waals surface area contributed by atoms with E-state index in [-0.39, 0.29) is 23.7 Å². The number of esters is 1. The number of alkyl halides is 1. The monoisotopic (exact) mass is 390 g/mol. The maximum atomic E-state index is 14.5. The van der Waals surface area contributed by atoms with Crippen molar-refractivity contribution in [3.63, 3.8) is 0 Å². The molecule has 2 atom stereocenters. The Labute approximate surface area is 163 Å². The van der Waals surface area contributed by atoms with Crippen LogP contribution in [0.15, 0.2) is 54.1 Å². The molecule has 0 bridgehead atoms. The molecule has 148 valence electrons. The molecular formula is C22H31FO3Si. The molecule has 1 aromatic carbocycles. The summed E-state index contributed by atoms with van der Waals surface area (Å²) in [6.07, 6.45) is 1.42. The topological polar surface area (TPSA) is 35.5 Å². The van der Waals surface area contributed by atoms with Crippen molar-refractivity contribution in [1.29, 1.82) is 0 Å². The van der Waals surface area contributed by atoms with E-state index >= 15 is 0 Å². The largest absolute Gasteiger partial charge is 0.458 e. The lowest BCUT2D eigenvalue weighted by molar-refractivity contribution is 0.0548. The van der Waals surface area contributed by atoms with Crippen molar-refractivity contribution in [3.8, 4) is 0 Å². The Balaban J connectivity index is 2.01. The van der Waals surface area contributed by atoms with Crippen LogP contribution in [0.4, 0.5) is 4.39 Å². The Morgan fingerprint density at radius 3 is 2.52 bits per heavy atom. The number of rotatable bonds is 5. The second kappa shape index (κ2) is 8.53. The fourth-order valence-corrected chi connectivity index (χ4v) is 4.17. The van der Waals surface area contributed by atoms with Gasteiger partial charge in [0.2, 0.25) is 0 Å². The smallest absolute Gasteiger partial charge is 0.338 e. The minimum atomic E-state index is -1.98. The van der Waals surface area contributed by atoms with Gasteiger partial charge in [-0.3, -0.25) is 0 Å². The quantitative estimate of drug-likeness (QED) is 0.467. The molecule has 1 aliphatic carbocycles. The van der Waals surface area contributed by atoms with E-state index in [1.807, 2.05) is 6.07 Å². The molecule has 1 aliphatic rings. The first-order valence-corrected chi connectivity index (χ1v) is 12.3. The van der Waals surface area contributed by atoms with Crippen molar-refractivity contribution in [2.45, 2.75) is 64.0 Å². The van der Waals surface area contributed by atoms with Gasteiger partial charge in [0.1, 0.15) is 12.8 Å². The molecule has 0 N–H and O–H groups in total. The molecule has 0 aromatic heterocycles. The lowest BCUT2D eigenvalue weighted by atomic mass is 9.87. The Morgan fingerprint density at radius 1 is 1.30 bits per heavy atom. The third kappa shape index (κ3) is 5.63. The van der Waals surface area contributed by atoms with Crippen LogP contribution in [0.2, 0.25) is 18.1 Å². The number of hydrogen-bond donors (Lipinski definition) is 0. The van der Waals surface area contributed by atoms with Gasteiger partial charge in [0.15, 0.2) is 8.32 Å². The lowest BCUT2D eigenvalue weighted by Gasteiger charge is -2.41. The summed E-state index contributed by atoms with van der Waals surface area (Å²) in [5, 5.41) is 0.0718. The van der Waals surface area contributed by atoms with Crippen molar-refractivity contribution in [1.82, 2.24) is 0 Å². The Bertz CT molecular complexity index is 704. The summed E-state index contributed by atoms with van der Waals surface area (Å²) in [7, 11) is -1.98. The van der Waals surface area contributed by atoms with Crippen LogP contribution in [0.5, 0.6) is 0 Å². The Kier molecular flexibility index (Phi) is 6.81. The van der Waals surface area contributed by atoms with E-state index in [4.69, 9.17) is 9.16 Å². The van der Waals surface area contributed by atoms with Crippen LogP contribution >= 0.6 is 0 Å². The molecule has 0 amide bonds. The van der Waals surface area contributed by atoms with Crippen molar-refractivity contribution < 1.29 is 18.3 Å². The van der Waals surface area contributed by atoms with Crippen LogP contribution in [0, 0.1) is 0 Å². The standard InChI is InChI=1S/C22H31FO3Si/c1-16-18(12-13-25-21(24)17-10-8-7-9-11-17)14-19(15-20(16)23)26-27(5,6)22(2,3)4/h7-12,19-20H,1,13-15H2,2-6H3/b18-12-/t19-,20+/m1/s1. The fourth-order valence-electron chi connectivity index (χ4n) is 2.81. The third-order valence-corrected chi connectivity index (χ3v) is 10.1. The van der Waals surface area contributed by atoms with Crippen molar-refractivity contribution in [2.24, 2.45) is 0 Å². The number of carbonyl (C=O) groups excluding carboxylic acids is 1. The SMILES string of the molecule is C=C1/C(=C\COC(=O)c2ccccc2)C[C@@H](O[Si](C)(C)C(C)(C)C)C[C@@H]1F. The number of allylic oxidation sites excluding steroid dienone is 1. The van der Waals surface area contributed by atoms with Gasteiger partial charge in [-0.2, -0.15) is 0 Å². The molecule has 0 aliphatic heterocycles. The van der Waals surface area contributed by atoms with Gasteiger partial charge < -0.3 is 9.16 Å². The van der Waals surface area contributed by atoms with Gasteiger partial charge in [0.05, 0.1) is 11.7 Å². The minimum absolute atomic E-state index is 0.0718. The molecule has 3 nitrogen and oxygen atoms in total. The van der Waals surface area contributed by atoms with Crippen LogP contribution < -0.4 is 0 Å². The molecule has 0 unspecified atom stereocenters. The van der Waals surface area contributed by atoms with Crippen molar-refractivity contribution in [2.75, 3.05) is 6.61 Å². The first-order valence-electron chi connectivity index (χ1n) is 9.43. The highest BCUT2D eigenvalue weighted by molar-refractivity contribution is 6.74. The van der Waals surface area contributed by atoms with E-state index in [9.17, 15) is 9.18 Å². The molecule has 27 heavy (non-hydrogen) atoms. The van der Waals surface area contributed by atoms with Gasteiger partial charge >= 0.3 is 5.97 Å². The average Bonchev–Trinajstić information content (AvgIpc) is 2.58. The highest BCUT2D eigenvalue weighted by Gasteiger charge is 2.41. The summed E-state index contributed by atoms with van der Waals surface area (Å²) in [5.74, 6) is -0.389. The predicted octanol–water partition coefficient (Wildman–Crippen LogP) is 5.85. The maximum absolute atomic E-state index is 14.5. The number of ether oxygens (including phenoxy) is 1. The summed E-state index contributed by atoms with van der Waals surface area (Å²) >= 11 is 0. The minimum Gasteiger partial charge on any atom is -0.458 e. The van der Waals surface area contributed by atoms with E-state index in [1.54, 1.807) is 30.3 Å². The van der Waals surface area contributed by atoms with Gasteiger partial charge in [-0.1, -0.05) is 45.5 Å². The van der Waals surface area contributed by atoms with Gasteiger partial charge in [-0.15, -0.1) is 0 Å². The molecule has 5 heteroatoms. The maximum Gasteiger partial charge on any atom is 0.338 e. The summed E-state index contributed by atoms with van der Waals surface area (Å²) in [4.78, 5) is 12.0. The molecule has 0 radical (unpaired) electrons. The number of carbonyl (C=O) groups is 1. The van der Waals surface area contributed by atoms with Gasteiger partial charge in [-0.05, 0) is 53.9 Å². The summed E-state index contributed by atoms with van der Waals surface area (Å²) in [6, 6.07) is 8.82. The van der Waals surface area contributed by atoms with Crippen LogP contribution in [0.25, 0.3) is 0 Å². The molecule has 1 saturated carbocycles. The van der Waals surface area contributed by atoms with Crippen LogP contribution in [0.1, 0.15) is 44.0 Å². The van der Waals surface area contributed by atoms with Gasteiger partial charge in [-0.25, -0.2) is 9.18 Å². The van der Waals surface area contributed by atoms with Crippen LogP contribution in [-0.2, 0) is 9.16 Å². The molecule has 0 heterocycles. The van der Waals surface area contributed by atoms with E-state index in [2.05, 4.69) is 40.4 Å². The van der Waals surface area contributed by atoms with E-state index < -0.39 is 14.5 Å². The van der Waals surface area contributed by atoms with Crippen molar-refractivity contribution in [3.05, 3.63) is 59.7 Å². The first-order chi connectivity index (χ1) is 12.5. The van der Waals surface area contributed by atoms with Crippen LogP contribution in [-0.4, -0.2) is 33.2 Å². The lowest BCUT2D eigenvalue weighted by Crippen LogP contribution is -2.45. The second-order valence-corrected chi connectivity index (χ2v) is 13.4. The van der Waals surface area contributed by atoms with Gasteiger partial charge in [0, 0.05) is 6.42 Å². The average molecular weight is 391 g/mol. The highest BCUT2D eigenvalue weighted by Crippen LogP contribution is 2.40. The molecule has 0 saturated heterocycles.